The van der Waals surface area contributed by atoms with Gasteiger partial charge in [0.15, 0.2) is 0 Å². The van der Waals surface area contributed by atoms with Gasteiger partial charge in [-0.2, -0.15) is 0 Å². The summed E-state index contributed by atoms with van der Waals surface area (Å²) in [5, 5.41) is 7.29. The summed E-state index contributed by atoms with van der Waals surface area (Å²) in [6.07, 6.45) is 2.21. The van der Waals surface area contributed by atoms with Gasteiger partial charge in [0.2, 0.25) is 0 Å². The molecule has 5 heteroatoms. The van der Waals surface area contributed by atoms with Gasteiger partial charge in [0, 0.05) is 36.4 Å². The third-order valence-corrected chi connectivity index (χ3v) is 4.15. The van der Waals surface area contributed by atoms with Gasteiger partial charge >= 0.3 is 0 Å². The van der Waals surface area contributed by atoms with Gasteiger partial charge in [0.25, 0.3) is 5.91 Å². The SMILES string of the molecule is Cc1noc(C)c1CNc1cccc(C(=O)N2CCCC2)c1. The van der Waals surface area contributed by atoms with Crippen molar-refractivity contribution in [1.82, 2.24) is 10.1 Å². The number of rotatable bonds is 4. The minimum atomic E-state index is 0.124. The molecule has 0 aliphatic carbocycles. The van der Waals surface area contributed by atoms with Crippen molar-refractivity contribution in [3.05, 3.63) is 46.8 Å². The maximum Gasteiger partial charge on any atom is 0.253 e. The number of benzene rings is 1. The molecule has 2 aromatic rings. The molecule has 0 atom stereocenters. The van der Waals surface area contributed by atoms with Crippen LogP contribution in [0.4, 0.5) is 5.69 Å². The van der Waals surface area contributed by atoms with Crippen molar-refractivity contribution in [2.75, 3.05) is 18.4 Å². The Morgan fingerprint density at radius 3 is 2.77 bits per heavy atom. The predicted molar refractivity (Wildman–Crippen MR) is 84.9 cm³/mol. The van der Waals surface area contributed by atoms with E-state index < -0.39 is 0 Å². The fourth-order valence-corrected chi connectivity index (χ4v) is 2.81. The molecule has 2 heterocycles. The van der Waals surface area contributed by atoms with E-state index in [1.807, 2.05) is 43.0 Å². The van der Waals surface area contributed by atoms with Crippen molar-refractivity contribution >= 4 is 11.6 Å². The Kier molecular flexibility index (Phi) is 4.13. The van der Waals surface area contributed by atoms with E-state index in [0.717, 1.165) is 54.2 Å². The highest BCUT2D eigenvalue weighted by atomic mass is 16.5. The third-order valence-electron chi connectivity index (χ3n) is 4.15. The van der Waals surface area contributed by atoms with Gasteiger partial charge in [0.1, 0.15) is 5.76 Å². The summed E-state index contributed by atoms with van der Waals surface area (Å²) in [6, 6.07) is 7.68. The first-order chi connectivity index (χ1) is 10.6. The van der Waals surface area contributed by atoms with Gasteiger partial charge < -0.3 is 14.7 Å². The topological polar surface area (TPSA) is 58.4 Å². The van der Waals surface area contributed by atoms with E-state index in [2.05, 4.69) is 10.5 Å². The zero-order valence-electron chi connectivity index (χ0n) is 13.1. The van der Waals surface area contributed by atoms with Crippen molar-refractivity contribution in [2.45, 2.75) is 33.2 Å². The van der Waals surface area contributed by atoms with Gasteiger partial charge in [0.05, 0.1) is 5.69 Å². The second-order valence-electron chi connectivity index (χ2n) is 5.74. The van der Waals surface area contributed by atoms with Gasteiger partial charge in [-0.25, -0.2) is 0 Å². The van der Waals surface area contributed by atoms with E-state index in [0.29, 0.717) is 6.54 Å². The first-order valence-electron chi connectivity index (χ1n) is 7.70. The lowest BCUT2D eigenvalue weighted by atomic mass is 10.1. The van der Waals surface area contributed by atoms with Gasteiger partial charge in [-0.1, -0.05) is 11.2 Å². The number of hydrogen-bond donors (Lipinski definition) is 1. The van der Waals surface area contributed by atoms with Crippen LogP contribution in [0.3, 0.4) is 0 Å². The molecule has 22 heavy (non-hydrogen) atoms. The van der Waals surface area contributed by atoms with Crippen molar-refractivity contribution in [3.63, 3.8) is 0 Å². The normalized spacial score (nSPS) is 14.4. The highest BCUT2D eigenvalue weighted by Gasteiger charge is 2.19. The lowest BCUT2D eigenvalue weighted by molar-refractivity contribution is 0.0793. The van der Waals surface area contributed by atoms with Crippen LogP contribution in [-0.4, -0.2) is 29.1 Å². The molecule has 1 aromatic carbocycles. The molecular formula is C17H21N3O2. The summed E-state index contributed by atoms with van der Waals surface area (Å²) < 4.78 is 5.16. The summed E-state index contributed by atoms with van der Waals surface area (Å²) >= 11 is 0. The van der Waals surface area contributed by atoms with E-state index in [1.165, 1.54) is 0 Å². The molecule has 1 N–H and O–H groups in total. The monoisotopic (exact) mass is 299 g/mol. The van der Waals surface area contributed by atoms with Crippen molar-refractivity contribution in [3.8, 4) is 0 Å². The average molecular weight is 299 g/mol. The lowest BCUT2D eigenvalue weighted by Crippen LogP contribution is -2.27. The van der Waals surface area contributed by atoms with Gasteiger partial charge in [-0.15, -0.1) is 0 Å². The number of aryl methyl sites for hydroxylation is 2. The molecule has 0 radical (unpaired) electrons. The van der Waals surface area contributed by atoms with E-state index in [4.69, 9.17) is 4.52 Å². The van der Waals surface area contributed by atoms with Crippen LogP contribution >= 0.6 is 0 Å². The summed E-state index contributed by atoms with van der Waals surface area (Å²) in [7, 11) is 0. The number of anilines is 1. The number of hydrogen-bond acceptors (Lipinski definition) is 4. The number of carbonyl (C=O) groups excluding carboxylic acids is 1. The van der Waals surface area contributed by atoms with Crippen LogP contribution in [0.1, 0.15) is 40.2 Å². The van der Waals surface area contributed by atoms with Crippen LogP contribution in [0.5, 0.6) is 0 Å². The molecule has 1 amide bonds. The molecule has 0 bridgehead atoms. The lowest BCUT2D eigenvalue weighted by Gasteiger charge is -2.16. The number of likely N-dealkylation sites (tertiary alicyclic amines) is 1. The molecule has 3 rings (SSSR count). The molecule has 5 nitrogen and oxygen atoms in total. The second kappa shape index (κ2) is 6.22. The summed E-state index contributed by atoms with van der Waals surface area (Å²) in [6.45, 7) is 6.22. The quantitative estimate of drug-likeness (QED) is 0.942. The molecular weight excluding hydrogens is 278 g/mol. The number of amides is 1. The molecule has 0 unspecified atom stereocenters. The molecule has 1 aliphatic rings. The van der Waals surface area contributed by atoms with E-state index in [-0.39, 0.29) is 5.91 Å². The zero-order valence-corrected chi connectivity index (χ0v) is 13.1. The van der Waals surface area contributed by atoms with Crippen molar-refractivity contribution in [1.29, 1.82) is 0 Å². The number of aromatic nitrogens is 1. The van der Waals surface area contributed by atoms with Gasteiger partial charge in [-0.05, 0) is 44.9 Å². The van der Waals surface area contributed by atoms with Crippen LogP contribution in [0, 0.1) is 13.8 Å². The van der Waals surface area contributed by atoms with Crippen molar-refractivity contribution < 1.29 is 9.32 Å². The van der Waals surface area contributed by atoms with Crippen LogP contribution in [0.15, 0.2) is 28.8 Å². The van der Waals surface area contributed by atoms with Crippen LogP contribution < -0.4 is 5.32 Å². The van der Waals surface area contributed by atoms with E-state index >= 15 is 0 Å². The third kappa shape index (κ3) is 2.98. The zero-order chi connectivity index (χ0) is 15.5. The van der Waals surface area contributed by atoms with Crippen LogP contribution in [0.25, 0.3) is 0 Å². The molecule has 1 saturated heterocycles. The number of nitrogens with one attached hydrogen (secondary N) is 1. The molecule has 116 valence electrons. The Labute approximate surface area is 130 Å². The standard InChI is InChI=1S/C17H21N3O2/c1-12-16(13(2)22-19-12)11-18-15-7-5-6-14(10-15)17(21)20-8-3-4-9-20/h5-7,10,18H,3-4,8-9,11H2,1-2H3. The maximum atomic E-state index is 12.4. The van der Waals surface area contributed by atoms with Crippen LogP contribution in [0.2, 0.25) is 0 Å². The van der Waals surface area contributed by atoms with Gasteiger partial charge in [-0.3, -0.25) is 4.79 Å². The number of carbonyl (C=O) groups is 1. The van der Waals surface area contributed by atoms with E-state index in [1.54, 1.807) is 0 Å². The molecule has 1 aromatic heterocycles. The highest BCUT2D eigenvalue weighted by Crippen LogP contribution is 2.18. The Bertz CT molecular complexity index is 653. The highest BCUT2D eigenvalue weighted by molar-refractivity contribution is 5.95. The molecule has 0 saturated carbocycles. The van der Waals surface area contributed by atoms with Crippen LogP contribution in [-0.2, 0) is 6.54 Å². The molecule has 0 spiro atoms. The summed E-state index contributed by atoms with van der Waals surface area (Å²) in [5.74, 6) is 0.952. The Hall–Kier alpha value is -2.30. The Balaban J connectivity index is 1.70. The first kappa shape index (κ1) is 14.6. The Morgan fingerprint density at radius 2 is 2.09 bits per heavy atom. The molecule has 1 fully saturated rings. The fraction of sp³-hybridized carbons (Fsp3) is 0.412. The fourth-order valence-electron chi connectivity index (χ4n) is 2.81. The second-order valence-corrected chi connectivity index (χ2v) is 5.74. The predicted octanol–water partition coefficient (Wildman–Crippen LogP) is 3.14. The molecule has 1 aliphatic heterocycles. The van der Waals surface area contributed by atoms with Crippen molar-refractivity contribution in [2.24, 2.45) is 0 Å². The number of nitrogens with zero attached hydrogens (tertiary/aromatic N) is 2. The summed E-state index contributed by atoms with van der Waals surface area (Å²) in [4.78, 5) is 14.3. The Morgan fingerprint density at radius 1 is 1.32 bits per heavy atom. The summed E-state index contributed by atoms with van der Waals surface area (Å²) in [5.41, 5.74) is 3.64. The largest absolute Gasteiger partial charge is 0.381 e. The van der Waals surface area contributed by atoms with E-state index in [9.17, 15) is 4.79 Å². The minimum Gasteiger partial charge on any atom is -0.381 e. The first-order valence-corrected chi connectivity index (χ1v) is 7.70. The average Bonchev–Trinajstić information content (AvgIpc) is 3.16. The smallest absolute Gasteiger partial charge is 0.253 e. The minimum absolute atomic E-state index is 0.124. The maximum absolute atomic E-state index is 12.4.